The lowest BCUT2D eigenvalue weighted by molar-refractivity contribution is -0.121. The van der Waals surface area contributed by atoms with Crippen molar-refractivity contribution in [1.82, 2.24) is 10.9 Å². The van der Waals surface area contributed by atoms with Gasteiger partial charge in [-0.15, -0.1) is 0 Å². The summed E-state index contributed by atoms with van der Waals surface area (Å²) in [5.74, 6) is 0.118. The van der Waals surface area contributed by atoms with Crippen molar-refractivity contribution in [3.05, 3.63) is 65.2 Å². The van der Waals surface area contributed by atoms with Gasteiger partial charge in [0, 0.05) is 12.0 Å². The summed E-state index contributed by atoms with van der Waals surface area (Å²) in [6.07, 6.45) is 0.942. The van der Waals surface area contributed by atoms with Crippen LogP contribution in [0.15, 0.2) is 48.5 Å². The Kier molecular flexibility index (Phi) is 6.37. The Bertz CT molecular complexity index is 679. The van der Waals surface area contributed by atoms with Gasteiger partial charge >= 0.3 is 0 Å². The van der Waals surface area contributed by atoms with Crippen molar-refractivity contribution >= 4 is 11.8 Å². The molecule has 0 aliphatic rings. The van der Waals surface area contributed by atoms with Gasteiger partial charge in [-0.1, -0.05) is 29.8 Å². The zero-order valence-electron chi connectivity index (χ0n) is 14.0. The molecule has 0 aliphatic heterocycles. The maximum Gasteiger partial charge on any atom is 0.269 e. The highest BCUT2D eigenvalue weighted by Crippen LogP contribution is 2.11. The van der Waals surface area contributed by atoms with Crippen molar-refractivity contribution in [2.75, 3.05) is 6.61 Å². The minimum atomic E-state index is -0.360. The van der Waals surface area contributed by atoms with Gasteiger partial charge in [0.15, 0.2) is 0 Å². The number of rotatable bonds is 6. The fourth-order valence-electron chi connectivity index (χ4n) is 2.14. The molecule has 0 spiro atoms. The molecule has 0 fully saturated rings. The van der Waals surface area contributed by atoms with Crippen LogP contribution in [0.4, 0.5) is 0 Å². The van der Waals surface area contributed by atoms with Crippen molar-refractivity contribution in [2.24, 2.45) is 0 Å². The Labute approximate surface area is 142 Å². The first-order chi connectivity index (χ1) is 11.6. The number of hydrogen-bond donors (Lipinski definition) is 2. The van der Waals surface area contributed by atoms with Crippen LogP contribution in [0.25, 0.3) is 0 Å². The van der Waals surface area contributed by atoms with Gasteiger partial charge < -0.3 is 4.74 Å². The average Bonchev–Trinajstić information content (AvgIpc) is 2.60. The summed E-state index contributed by atoms with van der Waals surface area (Å²) < 4.78 is 5.32. The molecule has 2 aromatic carbocycles. The number of hydrazine groups is 1. The molecule has 126 valence electrons. The van der Waals surface area contributed by atoms with Crippen LogP contribution >= 0.6 is 0 Å². The molecule has 0 unspecified atom stereocenters. The number of aryl methyl sites for hydroxylation is 2. The highest BCUT2D eigenvalue weighted by molar-refractivity contribution is 5.95. The van der Waals surface area contributed by atoms with Crippen molar-refractivity contribution in [2.45, 2.75) is 26.7 Å². The van der Waals surface area contributed by atoms with E-state index in [1.165, 1.54) is 5.56 Å². The van der Waals surface area contributed by atoms with Crippen LogP contribution in [0.3, 0.4) is 0 Å². The van der Waals surface area contributed by atoms with Crippen LogP contribution in [0, 0.1) is 6.92 Å². The van der Waals surface area contributed by atoms with Crippen LogP contribution in [0.5, 0.6) is 5.75 Å². The number of hydrogen-bond acceptors (Lipinski definition) is 3. The summed E-state index contributed by atoms with van der Waals surface area (Å²) in [4.78, 5) is 23.8. The standard InChI is InChI=1S/C19H22N2O3/c1-3-24-17-11-9-16(10-12-17)19(23)21-20-18(22)13-8-15-6-4-14(2)5-7-15/h4-7,9-12H,3,8,13H2,1-2H3,(H,20,22)(H,21,23). The summed E-state index contributed by atoms with van der Waals surface area (Å²) in [5.41, 5.74) is 7.58. The Hall–Kier alpha value is -2.82. The fourth-order valence-corrected chi connectivity index (χ4v) is 2.14. The maximum absolute atomic E-state index is 12.0. The average molecular weight is 326 g/mol. The van der Waals surface area contributed by atoms with Gasteiger partial charge in [0.25, 0.3) is 5.91 Å². The number of nitrogens with one attached hydrogen (secondary N) is 2. The lowest BCUT2D eigenvalue weighted by Crippen LogP contribution is -2.41. The van der Waals surface area contributed by atoms with Crippen LogP contribution < -0.4 is 15.6 Å². The van der Waals surface area contributed by atoms with E-state index >= 15 is 0 Å². The third-order valence-electron chi connectivity index (χ3n) is 3.50. The Morgan fingerprint density at radius 1 is 0.958 bits per heavy atom. The van der Waals surface area contributed by atoms with E-state index in [1.807, 2.05) is 38.1 Å². The van der Waals surface area contributed by atoms with Crippen LogP contribution in [-0.2, 0) is 11.2 Å². The Morgan fingerprint density at radius 3 is 2.25 bits per heavy atom. The maximum atomic E-state index is 12.0. The molecule has 0 aromatic heterocycles. The topological polar surface area (TPSA) is 67.4 Å². The van der Waals surface area contributed by atoms with E-state index in [0.29, 0.717) is 30.8 Å². The van der Waals surface area contributed by atoms with Gasteiger partial charge in [0.1, 0.15) is 5.75 Å². The van der Waals surface area contributed by atoms with Crippen molar-refractivity contribution < 1.29 is 14.3 Å². The van der Waals surface area contributed by atoms with E-state index in [2.05, 4.69) is 10.9 Å². The van der Waals surface area contributed by atoms with E-state index in [9.17, 15) is 9.59 Å². The van der Waals surface area contributed by atoms with Gasteiger partial charge in [-0.3, -0.25) is 20.4 Å². The SMILES string of the molecule is CCOc1ccc(C(=O)NNC(=O)CCc2ccc(C)cc2)cc1. The molecule has 2 rings (SSSR count). The first kappa shape index (κ1) is 17.5. The minimum absolute atomic E-state index is 0.227. The van der Waals surface area contributed by atoms with E-state index in [-0.39, 0.29) is 11.8 Å². The lowest BCUT2D eigenvalue weighted by Gasteiger charge is -2.08. The lowest BCUT2D eigenvalue weighted by atomic mass is 10.1. The van der Waals surface area contributed by atoms with Gasteiger partial charge in [-0.05, 0) is 50.1 Å². The molecule has 0 saturated carbocycles. The monoisotopic (exact) mass is 326 g/mol. The second-order valence-corrected chi connectivity index (χ2v) is 5.45. The number of carbonyl (C=O) groups excluding carboxylic acids is 2. The van der Waals surface area contributed by atoms with Gasteiger partial charge in [0.2, 0.25) is 5.91 Å². The summed E-state index contributed by atoms with van der Waals surface area (Å²) >= 11 is 0. The fraction of sp³-hybridized carbons (Fsp3) is 0.263. The number of amides is 2. The molecule has 24 heavy (non-hydrogen) atoms. The van der Waals surface area contributed by atoms with Crippen molar-refractivity contribution in [3.8, 4) is 5.75 Å². The molecule has 0 saturated heterocycles. The minimum Gasteiger partial charge on any atom is -0.494 e. The predicted octanol–water partition coefficient (Wildman–Crippen LogP) is 2.79. The molecule has 0 heterocycles. The van der Waals surface area contributed by atoms with E-state index in [4.69, 9.17) is 4.74 Å². The van der Waals surface area contributed by atoms with Gasteiger partial charge in [-0.2, -0.15) is 0 Å². The second kappa shape index (κ2) is 8.72. The molecule has 0 aliphatic carbocycles. The predicted molar refractivity (Wildman–Crippen MR) is 92.7 cm³/mol. The molecular formula is C19H22N2O3. The molecule has 0 bridgehead atoms. The molecule has 5 heteroatoms. The second-order valence-electron chi connectivity index (χ2n) is 5.45. The van der Waals surface area contributed by atoms with Gasteiger partial charge in [0.05, 0.1) is 6.61 Å². The first-order valence-electron chi connectivity index (χ1n) is 7.96. The Balaban J connectivity index is 1.76. The quantitative estimate of drug-likeness (QED) is 0.802. The molecule has 2 aromatic rings. The highest BCUT2D eigenvalue weighted by Gasteiger charge is 2.08. The van der Waals surface area contributed by atoms with E-state index in [0.717, 1.165) is 5.56 Å². The largest absolute Gasteiger partial charge is 0.494 e. The highest BCUT2D eigenvalue weighted by atomic mass is 16.5. The van der Waals surface area contributed by atoms with Crippen LogP contribution in [0.2, 0.25) is 0 Å². The van der Waals surface area contributed by atoms with E-state index < -0.39 is 0 Å². The zero-order chi connectivity index (χ0) is 17.4. The molecular weight excluding hydrogens is 304 g/mol. The van der Waals surface area contributed by atoms with Gasteiger partial charge in [-0.25, -0.2) is 0 Å². The molecule has 0 radical (unpaired) electrons. The molecule has 5 nitrogen and oxygen atoms in total. The van der Waals surface area contributed by atoms with Crippen LogP contribution in [-0.4, -0.2) is 18.4 Å². The summed E-state index contributed by atoms with van der Waals surface area (Å²) in [5, 5.41) is 0. The number of benzene rings is 2. The summed E-state index contributed by atoms with van der Waals surface area (Å²) in [7, 11) is 0. The van der Waals surface area contributed by atoms with Crippen molar-refractivity contribution in [3.63, 3.8) is 0 Å². The molecule has 2 amide bonds. The third-order valence-corrected chi connectivity index (χ3v) is 3.50. The molecule has 2 N–H and O–H groups in total. The smallest absolute Gasteiger partial charge is 0.269 e. The Morgan fingerprint density at radius 2 is 1.62 bits per heavy atom. The summed E-state index contributed by atoms with van der Waals surface area (Å²) in [6.45, 7) is 4.49. The molecule has 0 atom stereocenters. The number of ether oxygens (including phenoxy) is 1. The number of carbonyl (C=O) groups is 2. The summed E-state index contributed by atoms with van der Waals surface area (Å²) in [6, 6.07) is 14.8. The van der Waals surface area contributed by atoms with Crippen LogP contribution in [0.1, 0.15) is 34.8 Å². The first-order valence-corrected chi connectivity index (χ1v) is 7.96. The van der Waals surface area contributed by atoms with E-state index in [1.54, 1.807) is 24.3 Å². The third kappa shape index (κ3) is 5.43. The van der Waals surface area contributed by atoms with Crippen molar-refractivity contribution in [1.29, 1.82) is 0 Å². The zero-order valence-corrected chi connectivity index (χ0v) is 14.0. The normalized spacial score (nSPS) is 10.1.